The molecule has 1 aromatic carbocycles. The molecule has 102 valence electrons. The molecule has 0 aliphatic heterocycles. The molecule has 1 aromatic heterocycles. The maximum atomic E-state index is 6.54. The van der Waals surface area contributed by atoms with Gasteiger partial charge in [0, 0.05) is 33.5 Å². The van der Waals surface area contributed by atoms with Crippen LogP contribution in [0.4, 0.5) is 0 Å². The van der Waals surface area contributed by atoms with Gasteiger partial charge in [-0.25, -0.2) is 0 Å². The quantitative estimate of drug-likeness (QED) is 0.732. The molecule has 0 fully saturated rings. The molecular formula is C15H19ClN2S. The number of nitrogens with zero attached hydrogens (tertiary/aromatic N) is 2. The van der Waals surface area contributed by atoms with Crippen LogP contribution in [0.2, 0.25) is 5.02 Å². The van der Waals surface area contributed by atoms with Gasteiger partial charge in [0.2, 0.25) is 0 Å². The Hall–Kier alpha value is -0.930. The van der Waals surface area contributed by atoms with Gasteiger partial charge in [-0.05, 0) is 13.0 Å². The van der Waals surface area contributed by atoms with E-state index in [1.54, 1.807) is 11.8 Å². The van der Waals surface area contributed by atoms with Crippen molar-refractivity contribution in [3.63, 3.8) is 0 Å². The summed E-state index contributed by atoms with van der Waals surface area (Å²) in [7, 11) is 0. The summed E-state index contributed by atoms with van der Waals surface area (Å²) >= 11 is 8.33. The maximum Gasteiger partial charge on any atom is 0.0621 e. The van der Waals surface area contributed by atoms with E-state index < -0.39 is 0 Å². The molecule has 0 amide bonds. The van der Waals surface area contributed by atoms with E-state index >= 15 is 0 Å². The van der Waals surface area contributed by atoms with Crippen LogP contribution in [0, 0.1) is 0 Å². The molecule has 0 spiro atoms. The molecule has 2 nitrogen and oxygen atoms in total. The summed E-state index contributed by atoms with van der Waals surface area (Å²) in [4.78, 5) is 1.12. The van der Waals surface area contributed by atoms with E-state index in [1.165, 1.54) is 0 Å². The van der Waals surface area contributed by atoms with Crippen molar-refractivity contribution >= 4 is 23.4 Å². The van der Waals surface area contributed by atoms with Gasteiger partial charge in [0.25, 0.3) is 0 Å². The van der Waals surface area contributed by atoms with E-state index in [0.29, 0.717) is 0 Å². The van der Waals surface area contributed by atoms with E-state index in [9.17, 15) is 0 Å². The lowest BCUT2D eigenvalue weighted by atomic mass is 10.1. The topological polar surface area (TPSA) is 17.8 Å². The van der Waals surface area contributed by atoms with Gasteiger partial charge in [-0.3, -0.25) is 4.68 Å². The highest BCUT2D eigenvalue weighted by Gasteiger charge is 2.16. The zero-order chi connectivity index (χ0) is 14.0. The molecule has 0 unspecified atom stereocenters. The van der Waals surface area contributed by atoms with Gasteiger partial charge in [0.05, 0.1) is 11.2 Å². The summed E-state index contributed by atoms with van der Waals surface area (Å²) in [6.07, 6.45) is 3.91. The molecule has 0 atom stereocenters. The summed E-state index contributed by atoms with van der Waals surface area (Å²) < 4.78 is 2.06. The second kappa shape index (κ2) is 5.59. The number of halogens is 1. The van der Waals surface area contributed by atoms with Crippen molar-refractivity contribution in [2.24, 2.45) is 0 Å². The van der Waals surface area contributed by atoms with E-state index in [4.69, 9.17) is 11.6 Å². The lowest BCUT2D eigenvalue weighted by Gasteiger charge is -2.19. The molecule has 0 saturated heterocycles. The second-order valence-electron chi connectivity index (χ2n) is 5.42. The Bertz CT molecular complexity index is 570. The Balaban J connectivity index is 2.39. The largest absolute Gasteiger partial charge is 0.272 e. The highest BCUT2D eigenvalue weighted by Crippen LogP contribution is 2.40. The minimum Gasteiger partial charge on any atom is -0.272 e. The van der Waals surface area contributed by atoms with Crippen molar-refractivity contribution in [3.05, 3.63) is 35.6 Å². The fraction of sp³-hybridized carbons (Fsp3) is 0.400. The zero-order valence-electron chi connectivity index (χ0n) is 11.8. The van der Waals surface area contributed by atoms with Crippen molar-refractivity contribution in [1.29, 1.82) is 0 Å². The predicted octanol–water partition coefficient (Wildman–Crippen LogP) is 5.11. The molecule has 19 heavy (non-hydrogen) atoms. The number of benzene rings is 1. The first-order chi connectivity index (χ1) is 8.90. The Kier molecular flexibility index (Phi) is 4.26. The van der Waals surface area contributed by atoms with E-state index in [0.717, 1.165) is 27.6 Å². The first-order valence-electron chi connectivity index (χ1n) is 6.41. The number of thioether (sulfide) groups is 1. The first kappa shape index (κ1) is 14.5. The van der Waals surface area contributed by atoms with Crippen LogP contribution in [0.15, 0.2) is 35.5 Å². The van der Waals surface area contributed by atoms with Gasteiger partial charge in [0.15, 0.2) is 0 Å². The zero-order valence-corrected chi connectivity index (χ0v) is 13.3. The average molecular weight is 295 g/mol. The third-order valence-electron chi connectivity index (χ3n) is 2.65. The van der Waals surface area contributed by atoms with E-state index in [2.05, 4.69) is 44.9 Å². The molecule has 0 saturated carbocycles. The van der Waals surface area contributed by atoms with Crippen molar-refractivity contribution < 1.29 is 0 Å². The Morgan fingerprint density at radius 1 is 1.32 bits per heavy atom. The third kappa shape index (κ3) is 3.54. The predicted molar refractivity (Wildman–Crippen MR) is 84.0 cm³/mol. The van der Waals surface area contributed by atoms with E-state index in [-0.39, 0.29) is 4.75 Å². The van der Waals surface area contributed by atoms with Crippen LogP contribution in [0.25, 0.3) is 11.1 Å². The van der Waals surface area contributed by atoms with Crippen LogP contribution >= 0.6 is 23.4 Å². The monoisotopic (exact) mass is 294 g/mol. The average Bonchev–Trinajstić information content (AvgIpc) is 2.78. The SMILES string of the molecule is CCn1cc(-c2cccc(SC(C)(C)C)c2Cl)cn1. The number of aromatic nitrogens is 2. The van der Waals surface area contributed by atoms with Crippen LogP contribution in [0.5, 0.6) is 0 Å². The number of hydrogen-bond donors (Lipinski definition) is 0. The molecule has 2 aromatic rings. The third-order valence-corrected chi connectivity index (χ3v) is 4.34. The Labute approximate surface area is 124 Å². The fourth-order valence-corrected chi connectivity index (χ4v) is 3.17. The molecule has 0 radical (unpaired) electrons. The van der Waals surface area contributed by atoms with Crippen molar-refractivity contribution in [3.8, 4) is 11.1 Å². The van der Waals surface area contributed by atoms with Crippen LogP contribution in [0.3, 0.4) is 0 Å². The molecule has 2 rings (SSSR count). The Morgan fingerprint density at radius 2 is 2.05 bits per heavy atom. The van der Waals surface area contributed by atoms with Crippen LogP contribution < -0.4 is 0 Å². The van der Waals surface area contributed by atoms with Crippen molar-refractivity contribution in [2.75, 3.05) is 0 Å². The molecule has 0 N–H and O–H groups in total. The van der Waals surface area contributed by atoms with Crippen molar-refractivity contribution in [1.82, 2.24) is 9.78 Å². The molecular weight excluding hydrogens is 276 g/mol. The van der Waals surface area contributed by atoms with Gasteiger partial charge in [-0.2, -0.15) is 5.10 Å². The summed E-state index contributed by atoms with van der Waals surface area (Å²) in [5.74, 6) is 0. The molecule has 1 heterocycles. The standard InChI is InChI=1S/C15H19ClN2S/c1-5-18-10-11(9-17-18)12-7-6-8-13(14(12)16)19-15(2,3)4/h6-10H,5H2,1-4H3. The number of rotatable bonds is 3. The van der Waals surface area contributed by atoms with Gasteiger partial charge < -0.3 is 0 Å². The summed E-state index contributed by atoms with van der Waals surface area (Å²) in [6.45, 7) is 9.51. The van der Waals surface area contributed by atoms with Crippen LogP contribution in [0.1, 0.15) is 27.7 Å². The summed E-state index contributed by atoms with van der Waals surface area (Å²) in [5.41, 5.74) is 2.12. The minimum atomic E-state index is 0.149. The number of hydrogen-bond acceptors (Lipinski definition) is 2. The fourth-order valence-electron chi connectivity index (χ4n) is 1.82. The lowest BCUT2D eigenvalue weighted by molar-refractivity contribution is 0.660. The molecule has 0 aliphatic carbocycles. The summed E-state index contributed by atoms with van der Waals surface area (Å²) in [6, 6.07) is 6.18. The Morgan fingerprint density at radius 3 is 2.63 bits per heavy atom. The van der Waals surface area contributed by atoms with Crippen molar-refractivity contribution in [2.45, 2.75) is 43.9 Å². The molecule has 0 aliphatic rings. The van der Waals surface area contributed by atoms with Gasteiger partial charge in [-0.1, -0.05) is 44.5 Å². The first-order valence-corrected chi connectivity index (χ1v) is 7.60. The van der Waals surface area contributed by atoms with Gasteiger partial charge in [-0.15, -0.1) is 11.8 Å². The second-order valence-corrected chi connectivity index (χ2v) is 7.66. The number of aryl methyl sites for hydroxylation is 1. The van der Waals surface area contributed by atoms with E-state index in [1.807, 2.05) is 23.1 Å². The smallest absolute Gasteiger partial charge is 0.0621 e. The highest BCUT2D eigenvalue weighted by atomic mass is 35.5. The van der Waals surface area contributed by atoms with Gasteiger partial charge >= 0.3 is 0 Å². The van der Waals surface area contributed by atoms with Gasteiger partial charge in [0.1, 0.15) is 0 Å². The molecule has 0 bridgehead atoms. The maximum absolute atomic E-state index is 6.54. The van der Waals surface area contributed by atoms with Crippen LogP contribution in [-0.2, 0) is 6.54 Å². The summed E-state index contributed by atoms with van der Waals surface area (Å²) in [5, 5.41) is 5.13. The minimum absolute atomic E-state index is 0.149. The van der Waals surface area contributed by atoms with Crippen LogP contribution in [-0.4, -0.2) is 14.5 Å². The normalized spacial score (nSPS) is 11.8. The molecule has 4 heteroatoms. The highest BCUT2D eigenvalue weighted by molar-refractivity contribution is 8.00. The lowest BCUT2D eigenvalue weighted by Crippen LogP contribution is -2.06.